The van der Waals surface area contributed by atoms with Crippen LogP contribution < -0.4 is 5.32 Å². The van der Waals surface area contributed by atoms with Gasteiger partial charge in [0.15, 0.2) is 5.69 Å². The number of ether oxygens (including phenoxy) is 1. The number of amides is 1. The standard InChI is InChI=1S/C17H15N5O5/c1-9(10-3-5-11(6-4-10)16(26)27-2)20-14(23)12-7-13(15(24)25)22-17(21-12)18-8-19-22/h3-9H,1-2H3,(H,20,23)(H,24,25)/t9-/m1/s1. The zero-order chi connectivity index (χ0) is 19.6. The second-order valence-corrected chi connectivity index (χ2v) is 5.61. The van der Waals surface area contributed by atoms with Gasteiger partial charge in [-0.05, 0) is 24.6 Å². The molecule has 1 amide bonds. The first-order valence-corrected chi connectivity index (χ1v) is 7.84. The Balaban J connectivity index is 1.81. The van der Waals surface area contributed by atoms with Crippen molar-refractivity contribution in [3.05, 3.63) is 59.2 Å². The smallest absolute Gasteiger partial charge is 0.354 e. The number of carboxylic acid groups (broad SMARTS) is 1. The Bertz CT molecular complexity index is 1030. The van der Waals surface area contributed by atoms with Crippen LogP contribution in [-0.2, 0) is 4.74 Å². The lowest BCUT2D eigenvalue weighted by Gasteiger charge is -2.14. The summed E-state index contributed by atoms with van der Waals surface area (Å²) in [6, 6.07) is 7.28. The van der Waals surface area contributed by atoms with E-state index in [9.17, 15) is 19.5 Å². The number of fused-ring (bicyclic) bond motifs is 1. The first-order valence-electron chi connectivity index (χ1n) is 7.84. The summed E-state index contributed by atoms with van der Waals surface area (Å²) in [5.74, 6) is -2.26. The minimum Gasteiger partial charge on any atom is -0.477 e. The molecule has 3 rings (SSSR count). The summed E-state index contributed by atoms with van der Waals surface area (Å²) in [6.07, 6.45) is 1.15. The van der Waals surface area contributed by atoms with Crippen LogP contribution in [0.15, 0.2) is 36.7 Å². The first-order chi connectivity index (χ1) is 12.9. The van der Waals surface area contributed by atoms with Crippen LogP contribution >= 0.6 is 0 Å². The molecule has 2 N–H and O–H groups in total. The molecule has 1 aromatic carbocycles. The lowest BCUT2D eigenvalue weighted by atomic mass is 10.1. The van der Waals surface area contributed by atoms with Crippen molar-refractivity contribution in [3.8, 4) is 0 Å². The normalized spacial score (nSPS) is 11.8. The molecular formula is C17H15N5O5. The molecule has 138 valence electrons. The third kappa shape index (κ3) is 3.59. The molecule has 27 heavy (non-hydrogen) atoms. The van der Waals surface area contributed by atoms with Crippen molar-refractivity contribution in [1.29, 1.82) is 0 Å². The highest BCUT2D eigenvalue weighted by Gasteiger charge is 2.19. The van der Waals surface area contributed by atoms with Gasteiger partial charge in [-0.2, -0.15) is 14.6 Å². The minimum atomic E-state index is -1.26. The quantitative estimate of drug-likeness (QED) is 0.638. The van der Waals surface area contributed by atoms with Crippen molar-refractivity contribution < 1.29 is 24.2 Å². The third-order valence-corrected chi connectivity index (χ3v) is 3.88. The molecule has 0 bridgehead atoms. The number of hydrogen-bond donors (Lipinski definition) is 2. The molecule has 10 heteroatoms. The van der Waals surface area contributed by atoms with Gasteiger partial charge in [0.25, 0.3) is 11.7 Å². The van der Waals surface area contributed by atoms with E-state index in [0.717, 1.165) is 22.5 Å². The van der Waals surface area contributed by atoms with Crippen LogP contribution in [0.2, 0.25) is 0 Å². The van der Waals surface area contributed by atoms with Crippen LogP contribution in [0, 0.1) is 0 Å². The molecule has 10 nitrogen and oxygen atoms in total. The van der Waals surface area contributed by atoms with Crippen molar-refractivity contribution in [2.45, 2.75) is 13.0 Å². The van der Waals surface area contributed by atoms with Crippen LogP contribution in [0.1, 0.15) is 49.9 Å². The number of aromatic carboxylic acids is 1. The Labute approximate surface area is 152 Å². The molecule has 1 atom stereocenters. The molecule has 0 saturated carbocycles. The van der Waals surface area contributed by atoms with Gasteiger partial charge in [0.05, 0.1) is 18.7 Å². The van der Waals surface area contributed by atoms with E-state index < -0.39 is 23.9 Å². The van der Waals surface area contributed by atoms with Crippen LogP contribution in [0.3, 0.4) is 0 Å². The van der Waals surface area contributed by atoms with Crippen molar-refractivity contribution >= 4 is 23.6 Å². The van der Waals surface area contributed by atoms with Gasteiger partial charge >= 0.3 is 11.9 Å². The second kappa shape index (κ2) is 7.20. The Morgan fingerprint density at radius 1 is 1.22 bits per heavy atom. The summed E-state index contributed by atoms with van der Waals surface area (Å²) in [4.78, 5) is 43.2. The summed E-state index contributed by atoms with van der Waals surface area (Å²) in [7, 11) is 1.30. The number of benzene rings is 1. The summed E-state index contributed by atoms with van der Waals surface area (Å²) in [5.41, 5.74) is 0.825. The Kier molecular flexibility index (Phi) is 4.79. The molecule has 0 fully saturated rings. The molecule has 0 radical (unpaired) electrons. The lowest BCUT2D eigenvalue weighted by molar-refractivity contribution is 0.0599. The molecule has 0 aliphatic rings. The maximum Gasteiger partial charge on any atom is 0.354 e. The Morgan fingerprint density at radius 2 is 1.93 bits per heavy atom. The van der Waals surface area contributed by atoms with Crippen molar-refractivity contribution in [3.63, 3.8) is 0 Å². The molecule has 0 unspecified atom stereocenters. The van der Waals surface area contributed by atoms with Gasteiger partial charge < -0.3 is 15.2 Å². The van der Waals surface area contributed by atoms with E-state index in [1.54, 1.807) is 31.2 Å². The Morgan fingerprint density at radius 3 is 2.56 bits per heavy atom. The highest BCUT2D eigenvalue weighted by molar-refractivity contribution is 5.96. The SMILES string of the molecule is COC(=O)c1ccc([C@@H](C)NC(=O)c2cc(C(=O)O)n3ncnc3n2)cc1. The molecule has 0 spiro atoms. The number of esters is 1. The molecule has 0 aliphatic carbocycles. The van der Waals surface area contributed by atoms with E-state index in [-0.39, 0.29) is 17.2 Å². The fraction of sp³-hybridized carbons (Fsp3) is 0.176. The fourth-order valence-electron chi connectivity index (χ4n) is 2.46. The molecule has 2 heterocycles. The fourth-order valence-corrected chi connectivity index (χ4v) is 2.46. The number of nitrogens with zero attached hydrogens (tertiary/aromatic N) is 4. The average molecular weight is 369 g/mol. The van der Waals surface area contributed by atoms with E-state index in [2.05, 4.69) is 25.1 Å². The largest absolute Gasteiger partial charge is 0.477 e. The number of carboxylic acids is 1. The number of hydrogen-bond acceptors (Lipinski definition) is 7. The van der Waals surface area contributed by atoms with Crippen LogP contribution in [0.5, 0.6) is 0 Å². The molecular weight excluding hydrogens is 354 g/mol. The van der Waals surface area contributed by atoms with Crippen molar-refractivity contribution in [2.24, 2.45) is 0 Å². The highest BCUT2D eigenvalue weighted by atomic mass is 16.5. The zero-order valence-corrected chi connectivity index (χ0v) is 14.4. The summed E-state index contributed by atoms with van der Waals surface area (Å²) in [5, 5.41) is 15.8. The second-order valence-electron chi connectivity index (χ2n) is 5.61. The van der Waals surface area contributed by atoms with Gasteiger partial charge in [0.2, 0.25) is 0 Å². The zero-order valence-electron chi connectivity index (χ0n) is 14.4. The minimum absolute atomic E-state index is 0.00938. The number of methoxy groups -OCH3 is 1. The number of carbonyl (C=O) groups is 3. The molecule has 0 saturated heterocycles. The van der Waals surface area contributed by atoms with E-state index in [1.807, 2.05) is 0 Å². The molecule has 0 aliphatic heterocycles. The van der Waals surface area contributed by atoms with Gasteiger partial charge in [-0.15, -0.1) is 0 Å². The van der Waals surface area contributed by atoms with Gasteiger partial charge in [-0.1, -0.05) is 12.1 Å². The van der Waals surface area contributed by atoms with E-state index in [0.29, 0.717) is 5.56 Å². The maximum atomic E-state index is 12.5. The van der Waals surface area contributed by atoms with Gasteiger partial charge in [-0.25, -0.2) is 14.6 Å². The number of carbonyl (C=O) groups excluding carboxylic acids is 2. The van der Waals surface area contributed by atoms with Gasteiger partial charge in [0.1, 0.15) is 12.0 Å². The summed E-state index contributed by atoms with van der Waals surface area (Å²) in [6.45, 7) is 1.75. The predicted molar refractivity (Wildman–Crippen MR) is 91.4 cm³/mol. The first kappa shape index (κ1) is 18.0. The number of nitrogens with one attached hydrogen (secondary N) is 1. The van der Waals surface area contributed by atoms with Crippen LogP contribution in [-0.4, -0.2) is 49.6 Å². The summed E-state index contributed by atoms with van der Waals surface area (Å²) < 4.78 is 5.68. The molecule has 2 aromatic heterocycles. The van der Waals surface area contributed by atoms with Crippen molar-refractivity contribution in [2.75, 3.05) is 7.11 Å². The third-order valence-electron chi connectivity index (χ3n) is 3.88. The van der Waals surface area contributed by atoms with Crippen LogP contribution in [0.4, 0.5) is 0 Å². The lowest BCUT2D eigenvalue weighted by Crippen LogP contribution is -2.28. The van der Waals surface area contributed by atoms with E-state index in [1.165, 1.54) is 7.11 Å². The van der Waals surface area contributed by atoms with Gasteiger partial charge in [0, 0.05) is 6.07 Å². The van der Waals surface area contributed by atoms with E-state index >= 15 is 0 Å². The van der Waals surface area contributed by atoms with Gasteiger partial charge in [-0.3, -0.25) is 4.79 Å². The Hall–Kier alpha value is -3.82. The topological polar surface area (TPSA) is 136 Å². The maximum absolute atomic E-state index is 12.5. The van der Waals surface area contributed by atoms with Crippen molar-refractivity contribution in [1.82, 2.24) is 24.9 Å². The number of rotatable bonds is 5. The predicted octanol–water partition coefficient (Wildman–Crippen LogP) is 1.10. The average Bonchev–Trinajstić information content (AvgIpc) is 3.15. The highest BCUT2D eigenvalue weighted by Crippen LogP contribution is 2.15. The van der Waals surface area contributed by atoms with Crippen LogP contribution in [0.25, 0.3) is 5.78 Å². The number of aromatic nitrogens is 4. The molecule has 3 aromatic rings. The monoisotopic (exact) mass is 369 g/mol. The summed E-state index contributed by atoms with van der Waals surface area (Å²) >= 11 is 0. The van der Waals surface area contributed by atoms with E-state index in [4.69, 9.17) is 0 Å².